The fourth-order valence-electron chi connectivity index (χ4n) is 8.56. The van der Waals surface area contributed by atoms with Gasteiger partial charge in [-0.3, -0.25) is 28.2 Å². The normalized spacial score (nSPS) is 13.7. The smallest absolute Gasteiger partial charge is 0.463 e. The molecule has 0 fully saturated rings. The number of rotatable bonds is 51. The van der Waals surface area contributed by atoms with Gasteiger partial charge in [-0.2, -0.15) is 0 Å². The summed E-state index contributed by atoms with van der Waals surface area (Å²) in [6.45, 7) is 16.3. The molecule has 0 aliphatic rings. The third-order valence-corrected chi connectivity index (χ3v) is 13.8. The Morgan fingerprint density at radius 1 is 0.571 bits per heavy atom. The van der Waals surface area contributed by atoms with Crippen molar-refractivity contribution < 1.29 is 56.6 Å². The molecule has 14 nitrogen and oxygen atoms in total. The maximum absolute atomic E-state index is 12.9. The van der Waals surface area contributed by atoms with Crippen LogP contribution in [-0.4, -0.2) is 87.0 Å². The van der Waals surface area contributed by atoms with Crippen molar-refractivity contribution in [2.45, 2.75) is 271 Å². The molecule has 2 unspecified atom stereocenters. The summed E-state index contributed by atoms with van der Waals surface area (Å²) < 4.78 is 44.3. The molecule has 2 N–H and O–H groups in total. The standard InChI is InChI=1S/C55H103N2O12P/c1-8-10-12-14-16-18-20-22-24-26-28-30-32-34-36-38-51(59)66-46-49(69-52(60)39-37-35-33-31-29-27-25-23-21-19-17-15-13-11-9-2)47-68-70(62,63)67-43-42-57-50(58)40-41-55(5,56-6)48-54(3,4)53(61)65-45-44-64-7/h49H,8-48H2,1-5,7H3,(H,57,58)(H,62,63)/t49-,55?/m1/s1. The largest absolute Gasteiger partial charge is 0.472 e. The highest BCUT2D eigenvalue weighted by Gasteiger charge is 2.43. The van der Waals surface area contributed by atoms with Crippen LogP contribution >= 0.6 is 7.82 Å². The molecule has 0 aromatic rings. The lowest BCUT2D eigenvalue weighted by atomic mass is 9.77. The van der Waals surface area contributed by atoms with Gasteiger partial charge in [-0.1, -0.05) is 194 Å². The van der Waals surface area contributed by atoms with Crippen LogP contribution in [0.1, 0.15) is 259 Å². The second-order valence-electron chi connectivity index (χ2n) is 20.4. The van der Waals surface area contributed by atoms with Crippen molar-refractivity contribution in [1.82, 2.24) is 5.32 Å². The number of unbranched alkanes of at least 4 members (excludes halogenated alkanes) is 28. The van der Waals surface area contributed by atoms with Crippen LogP contribution < -0.4 is 5.32 Å². The van der Waals surface area contributed by atoms with Crippen LogP contribution in [0.4, 0.5) is 0 Å². The minimum Gasteiger partial charge on any atom is -0.463 e. The minimum atomic E-state index is -4.66. The first-order valence-corrected chi connectivity index (χ1v) is 29.4. The van der Waals surface area contributed by atoms with E-state index in [4.69, 9.17) is 34.6 Å². The summed E-state index contributed by atoms with van der Waals surface area (Å²) in [6.07, 6.45) is 36.0. The number of phosphoric ester groups is 1. The Balaban J connectivity index is 4.81. The predicted molar refractivity (Wildman–Crippen MR) is 280 cm³/mol. The molecule has 70 heavy (non-hydrogen) atoms. The first-order chi connectivity index (χ1) is 33.6. The first kappa shape index (κ1) is 67.4. The van der Waals surface area contributed by atoms with E-state index < -0.39 is 55.3 Å². The highest BCUT2D eigenvalue weighted by molar-refractivity contribution is 7.47. The number of hydrogen-bond donors (Lipinski definition) is 2. The van der Waals surface area contributed by atoms with Crippen molar-refractivity contribution >= 4 is 31.6 Å². The van der Waals surface area contributed by atoms with E-state index in [-0.39, 0.29) is 65.1 Å². The molecule has 0 aromatic heterocycles. The zero-order valence-electron chi connectivity index (χ0n) is 45.4. The van der Waals surface area contributed by atoms with Gasteiger partial charge in [-0.15, -0.1) is 0 Å². The Hall–Kier alpha value is -2.56. The Morgan fingerprint density at radius 3 is 1.43 bits per heavy atom. The molecular formula is C55H103N2O12P. The van der Waals surface area contributed by atoms with Crippen molar-refractivity contribution in [2.75, 3.05) is 46.7 Å². The Kier molecular flexibility index (Phi) is 43.4. The number of esters is 3. The quantitative estimate of drug-likeness (QED) is 0.0194. The molecule has 0 aromatic carbocycles. The number of carbonyl (C=O) groups is 4. The van der Waals surface area contributed by atoms with E-state index >= 15 is 0 Å². The molecule has 0 aliphatic heterocycles. The molecule has 15 heteroatoms. The van der Waals surface area contributed by atoms with Crippen LogP contribution in [0, 0.1) is 12.0 Å². The number of nitrogens with one attached hydrogen (secondary N) is 1. The second kappa shape index (κ2) is 45.1. The molecule has 0 saturated carbocycles. The van der Waals surface area contributed by atoms with Crippen molar-refractivity contribution in [3.8, 4) is 0 Å². The van der Waals surface area contributed by atoms with Gasteiger partial charge in [0.25, 0.3) is 0 Å². The van der Waals surface area contributed by atoms with Crippen LogP contribution in [0.5, 0.6) is 0 Å². The van der Waals surface area contributed by atoms with Crippen LogP contribution in [0.2, 0.25) is 0 Å². The van der Waals surface area contributed by atoms with E-state index in [0.29, 0.717) is 12.8 Å². The predicted octanol–water partition coefficient (Wildman–Crippen LogP) is 14.3. The summed E-state index contributed by atoms with van der Waals surface area (Å²) in [7, 11) is -3.16. The molecular weight excluding hydrogens is 912 g/mol. The van der Waals surface area contributed by atoms with E-state index in [1.54, 1.807) is 20.8 Å². The zero-order chi connectivity index (χ0) is 52.0. The Morgan fingerprint density at radius 2 is 1.00 bits per heavy atom. The summed E-state index contributed by atoms with van der Waals surface area (Å²) in [5, 5.41) is 2.61. The lowest BCUT2D eigenvalue weighted by molar-refractivity contribution is -0.161. The summed E-state index contributed by atoms with van der Waals surface area (Å²) in [5.41, 5.74) is -1.98. The Bertz CT molecular complexity index is 1410. The van der Waals surface area contributed by atoms with Gasteiger partial charge in [-0.25, -0.2) is 11.1 Å². The van der Waals surface area contributed by atoms with Gasteiger partial charge in [-0.05, 0) is 26.7 Å². The lowest BCUT2D eigenvalue weighted by Gasteiger charge is -2.28. The molecule has 0 rings (SSSR count). The molecule has 410 valence electrons. The highest BCUT2D eigenvalue weighted by Crippen LogP contribution is 2.43. The highest BCUT2D eigenvalue weighted by atomic mass is 31.2. The van der Waals surface area contributed by atoms with Crippen molar-refractivity contribution in [3.63, 3.8) is 0 Å². The molecule has 0 aliphatic carbocycles. The average Bonchev–Trinajstić information content (AvgIpc) is 3.33. The van der Waals surface area contributed by atoms with E-state index in [9.17, 15) is 28.6 Å². The van der Waals surface area contributed by atoms with Crippen LogP contribution in [0.25, 0.3) is 4.85 Å². The van der Waals surface area contributed by atoms with Gasteiger partial charge in [0.1, 0.15) is 13.2 Å². The van der Waals surface area contributed by atoms with Crippen LogP contribution in [0.15, 0.2) is 0 Å². The molecule has 3 atom stereocenters. The number of hydrogen-bond acceptors (Lipinski definition) is 11. The number of phosphoric acid groups is 1. The zero-order valence-corrected chi connectivity index (χ0v) is 46.3. The molecule has 1 amide bonds. The molecule has 0 heterocycles. The van der Waals surface area contributed by atoms with Gasteiger partial charge < -0.3 is 34.0 Å². The first-order valence-electron chi connectivity index (χ1n) is 27.9. The van der Waals surface area contributed by atoms with Gasteiger partial charge in [0.2, 0.25) is 11.4 Å². The topological polar surface area (TPSA) is 177 Å². The van der Waals surface area contributed by atoms with Crippen molar-refractivity contribution in [1.29, 1.82) is 0 Å². The fraction of sp³-hybridized carbons (Fsp3) is 0.909. The maximum Gasteiger partial charge on any atom is 0.472 e. The maximum atomic E-state index is 12.9. The third kappa shape index (κ3) is 42.0. The monoisotopic (exact) mass is 1010 g/mol. The number of methoxy groups -OCH3 is 1. The lowest BCUT2D eigenvalue weighted by Crippen LogP contribution is -2.37. The molecule has 0 radical (unpaired) electrons. The molecule has 0 spiro atoms. The van der Waals surface area contributed by atoms with Crippen molar-refractivity contribution in [2.24, 2.45) is 5.41 Å². The third-order valence-electron chi connectivity index (χ3n) is 12.9. The fourth-order valence-corrected chi connectivity index (χ4v) is 9.31. The van der Waals surface area contributed by atoms with E-state index in [2.05, 4.69) is 24.0 Å². The summed E-state index contributed by atoms with van der Waals surface area (Å²) >= 11 is 0. The molecule has 0 bridgehead atoms. The summed E-state index contributed by atoms with van der Waals surface area (Å²) in [4.78, 5) is 64.9. The number of amides is 1. The van der Waals surface area contributed by atoms with E-state index in [1.165, 1.54) is 148 Å². The van der Waals surface area contributed by atoms with Gasteiger partial charge in [0.05, 0.1) is 25.2 Å². The van der Waals surface area contributed by atoms with Crippen molar-refractivity contribution in [3.05, 3.63) is 11.4 Å². The van der Waals surface area contributed by atoms with Crippen LogP contribution in [0.3, 0.4) is 0 Å². The summed E-state index contributed by atoms with van der Waals surface area (Å²) in [5.74, 6) is -1.79. The van der Waals surface area contributed by atoms with Gasteiger partial charge >= 0.3 is 25.7 Å². The summed E-state index contributed by atoms with van der Waals surface area (Å²) in [6, 6.07) is 0. The second-order valence-corrected chi connectivity index (χ2v) is 21.9. The number of ether oxygens (including phenoxy) is 4. The Labute approximate surface area is 426 Å². The van der Waals surface area contributed by atoms with Gasteiger partial charge in [0, 0.05) is 52.7 Å². The molecule has 0 saturated heterocycles. The number of carbonyl (C=O) groups excluding carboxylic acids is 4. The van der Waals surface area contributed by atoms with Gasteiger partial charge in [0.15, 0.2) is 6.10 Å². The average molecular weight is 1020 g/mol. The number of nitrogens with zero attached hydrogens (tertiary/aromatic N) is 1. The van der Waals surface area contributed by atoms with Crippen LogP contribution in [-0.2, 0) is 51.7 Å². The minimum absolute atomic E-state index is 0.0222. The SMILES string of the molecule is [C-]#[N+]C(C)(CCC(=O)NCCOP(=O)(O)OC[C@@H](COC(=O)CCCCCCCCCCCCCCCCC)OC(=O)CCCCCCCCCCCCCCCCC)CC(C)(C)C(=O)OCCOC. The van der Waals surface area contributed by atoms with E-state index in [0.717, 1.165) is 38.5 Å². The van der Waals surface area contributed by atoms with E-state index in [1.807, 2.05) is 0 Å².